The molecule has 1 saturated carbocycles. The van der Waals surface area contributed by atoms with Gasteiger partial charge >= 0.3 is 5.91 Å². The molecule has 25 heteroatoms. The molecule has 0 radical (unpaired) electrons. The lowest BCUT2D eigenvalue weighted by Gasteiger charge is -2.32. The molecule has 4 aliphatic heterocycles. The number of carbonyl (C=O) groups excluding carboxylic acids is 12. The standard InChI is InChI=1S/C50H72N12O13/c1-6-26(4)42-47(73)56-31(11-13-37(51)64)44(70)58-34-22-41(68)61-18-16-36-48(61)62(36,50(34)75)35(12-14-39(66)54-23-40(67)55-32(45(71)59-42)20-27-7-9-29(63)10-8-27)46(72)53-17-15-28-21-30(28)43(69)57-33(19-25(2)3)49(74)60(5)24-38(52)65/h7-10,25-26,28,30-36,42,48H,6,11-24H2,1-5H3,(H11-,51,52,53,54,55,56,57,58,59,63,64,65,66,67,69,70,71,72,73)/p+1. The Bertz CT molecular complexity index is 2420. The second-order valence-electron chi connectivity index (χ2n) is 21.1. The Kier molecular flexibility index (Phi) is 18.6. The van der Waals surface area contributed by atoms with Gasteiger partial charge in [0.1, 0.15) is 29.9 Å². The highest BCUT2D eigenvalue weighted by molar-refractivity contribution is 5.98. The molecule has 12 N–H and O–H groups in total. The van der Waals surface area contributed by atoms with Crippen LogP contribution < -0.4 is 48.7 Å². The van der Waals surface area contributed by atoms with E-state index in [2.05, 4.69) is 37.2 Å². The summed E-state index contributed by atoms with van der Waals surface area (Å²) >= 11 is 0. The number of aromatic hydroxyl groups is 1. The fourth-order valence-corrected chi connectivity index (χ4v) is 10.9. The van der Waals surface area contributed by atoms with Crippen molar-refractivity contribution in [3.05, 3.63) is 29.8 Å². The minimum Gasteiger partial charge on any atom is -0.508 e. The SMILES string of the molecule is CCC(C)C1NC(=O)C(Cc2ccc(O)cc2)NC(=O)CNC(=O)CCC(C(=O)NCCC2CC2C(=O)NC(CC(C)C)C(=O)N(C)CC(N)=O)[N+]23C(=O)C(CC(=O)N4CCC2C43)NC(=O)C(CCC(N)=O)NC1=O. The molecule has 0 aromatic heterocycles. The average molecular weight is 1050 g/mol. The number of phenols is 1. The lowest BCUT2D eigenvalue weighted by atomic mass is 9.96. The first-order valence-corrected chi connectivity index (χ1v) is 25.8. The molecule has 1 aromatic carbocycles. The van der Waals surface area contributed by atoms with E-state index in [0.717, 1.165) is 4.90 Å². The van der Waals surface area contributed by atoms with Crippen molar-refractivity contribution in [3.8, 4) is 5.75 Å². The molecule has 1 spiro atoms. The third kappa shape index (κ3) is 13.8. The van der Waals surface area contributed by atoms with Crippen LogP contribution >= 0.6 is 0 Å². The van der Waals surface area contributed by atoms with E-state index in [1.807, 2.05) is 13.8 Å². The summed E-state index contributed by atoms with van der Waals surface area (Å²) in [5, 5.41) is 28.7. The minimum absolute atomic E-state index is 0.0243. The van der Waals surface area contributed by atoms with Crippen molar-refractivity contribution in [1.82, 2.24) is 47.0 Å². The second kappa shape index (κ2) is 24.4. The van der Waals surface area contributed by atoms with E-state index < -0.39 is 143 Å². The van der Waals surface area contributed by atoms with Crippen molar-refractivity contribution in [3.63, 3.8) is 0 Å². The summed E-state index contributed by atoms with van der Waals surface area (Å²) in [5.74, 6) is -9.44. The van der Waals surface area contributed by atoms with Gasteiger partial charge in [0, 0.05) is 58.2 Å². The zero-order valence-electron chi connectivity index (χ0n) is 43.2. The third-order valence-corrected chi connectivity index (χ3v) is 15.1. The largest absolute Gasteiger partial charge is 0.508 e. The molecule has 1 aromatic rings. The highest BCUT2D eigenvalue weighted by atomic mass is 16.3. The van der Waals surface area contributed by atoms with Crippen molar-refractivity contribution in [2.24, 2.45) is 35.1 Å². The van der Waals surface area contributed by atoms with Gasteiger partial charge in [-0.05, 0) is 61.1 Å². The first-order chi connectivity index (χ1) is 35.5. The zero-order valence-corrected chi connectivity index (χ0v) is 43.2. The molecule has 4 heterocycles. The Morgan fingerprint density at radius 1 is 0.853 bits per heavy atom. The Morgan fingerprint density at radius 3 is 2.20 bits per heavy atom. The maximum absolute atomic E-state index is 15.2. The van der Waals surface area contributed by atoms with Gasteiger partial charge in [-0.15, -0.1) is 0 Å². The van der Waals surface area contributed by atoms with E-state index in [-0.39, 0.29) is 75.2 Å². The quantitative estimate of drug-likeness (QED) is 0.0512. The van der Waals surface area contributed by atoms with Crippen LogP contribution in [0.1, 0.15) is 97.5 Å². The minimum atomic E-state index is -1.54. The number of quaternary nitrogens is 1. The van der Waals surface area contributed by atoms with Crippen molar-refractivity contribution >= 4 is 70.9 Å². The number of primary amides is 2. The number of nitrogens with two attached hydrogens (primary N) is 2. The lowest BCUT2D eigenvalue weighted by molar-refractivity contribution is -0.777. The fourth-order valence-electron chi connectivity index (χ4n) is 10.9. The number of hydrogen-bond donors (Lipinski definition) is 10. The number of benzene rings is 1. The summed E-state index contributed by atoms with van der Waals surface area (Å²) in [6.07, 6.45) is -1.01. The molecule has 75 heavy (non-hydrogen) atoms. The highest BCUT2D eigenvalue weighted by Gasteiger charge is 2.82. The molecule has 12 atom stereocenters. The number of carbonyl (C=O) groups is 12. The number of amides is 12. The molecule has 25 nitrogen and oxygen atoms in total. The molecule has 5 fully saturated rings. The third-order valence-electron chi connectivity index (χ3n) is 15.1. The van der Waals surface area contributed by atoms with Crippen LogP contribution in [0.15, 0.2) is 24.3 Å². The number of hydrogen-bond acceptors (Lipinski definition) is 13. The van der Waals surface area contributed by atoms with Crippen molar-refractivity contribution in [2.75, 3.05) is 33.2 Å². The van der Waals surface area contributed by atoms with Gasteiger partial charge in [-0.1, -0.05) is 46.2 Å². The van der Waals surface area contributed by atoms with E-state index in [1.165, 1.54) is 36.2 Å². The lowest BCUT2D eigenvalue weighted by Crippen LogP contribution is -2.63. The van der Waals surface area contributed by atoms with E-state index in [4.69, 9.17) is 11.5 Å². The van der Waals surface area contributed by atoms with Crippen LogP contribution in [0.4, 0.5) is 0 Å². The first-order valence-electron chi connectivity index (χ1n) is 25.8. The molecule has 12 unspecified atom stereocenters. The van der Waals surface area contributed by atoms with Crippen molar-refractivity contribution in [2.45, 2.75) is 147 Å². The molecule has 6 rings (SSSR count). The van der Waals surface area contributed by atoms with Crippen LogP contribution in [0, 0.1) is 23.7 Å². The van der Waals surface area contributed by atoms with Gasteiger partial charge in [0.2, 0.25) is 65.2 Å². The summed E-state index contributed by atoms with van der Waals surface area (Å²) in [7, 11) is 1.42. The molecule has 5 aliphatic rings. The predicted octanol–water partition coefficient (Wildman–Crippen LogP) is -3.23. The van der Waals surface area contributed by atoms with E-state index in [1.54, 1.807) is 13.8 Å². The molecule has 2 bridgehead atoms. The molecular formula is C50H73N12O13+. The molecule has 1 aliphatic carbocycles. The smallest absolute Gasteiger partial charge is 0.339 e. The van der Waals surface area contributed by atoms with Gasteiger partial charge in [-0.3, -0.25) is 57.6 Å². The van der Waals surface area contributed by atoms with Gasteiger partial charge in [0.25, 0.3) is 5.91 Å². The normalized spacial score (nSPS) is 28.9. The highest BCUT2D eigenvalue weighted by Crippen LogP contribution is 2.54. The Hall–Kier alpha value is -7.18. The molecule has 4 saturated heterocycles. The average Bonchev–Trinajstić information content (AvgIpc) is 4.22. The van der Waals surface area contributed by atoms with Crippen LogP contribution in [0.3, 0.4) is 0 Å². The van der Waals surface area contributed by atoms with Crippen LogP contribution in [-0.4, -0.2) is 172 Å². The van der Waals surface area contributed by atoms with E-state index in [0.29, 0.717) is 37.7 Å². The van der Waals surface area contributed by atoms with Crippen molar-refractivity contribution < 1.29 is 67.1 Å². The fraction of sp³-hybridized carbons (Fsp3) is 0.640. The summed E-state index contributed by atoms with van der Waals surface area (Å²) < 4.78 is -0.598. The van der Waals surface area contributed by atoms with Gasteiger partial charge in [0.15, 0.2) is 18.1 Å². The molecule has 410 valence electrons. The van der Waals surface area contributed by atoms with Crippen LogP contribution in [-0.2, 0) is 64.0 Å². The van der Waals surface area contributed by atoms with E-state index >= 15 is 4.79 Å². The van der Waals surface area contributed by atoms with Gasteiger partial charge < -0.3 is 58.7 Å². The molecular weight excluding hydrogens is 977 g/mol. The van der Waals surface area contributed by atoms with Crippen LogP contribution in [0.2, 0.25) is 0 Å². The summed E-state index contributed by atoms with van der Waals surface area (Å²) in [5.41, 5.74) is 11.3. The molecule has 12 amide bonds. The summed E-state index contributed by atoms with van der Waals surface area (Å²) in [6, 6.07) is -2.61. The second-order valence-corrected chi connectivity index (χ2v) is 21.1. The van der Waals surface area contributed by atoms with Gasteiger partial charge in [0.05, 0.1) is 19.5 Å². The number of phenolic OH excluding ortho intramolecular Hbond substituents is 1. The van der Waals surface area contributed by atoms with Gasteiger partial charge in [-0.2, -0.15) is 0 Å². The van der Waals surface area contributed by atoms with Crippen LogP contribution in [0.5, 0.6) is 5.75 Å². The van der Waals surface area contributed by atoms with Gasteiger partial charge in [-0.25, -0.2) is 9.28 Å². The van der Waals surface area contributed by atoms with Crippen LogP contribution in [0.25, 0.3) is 0 Å². The summed E-state index contributed by atoms with van der Waals surface area (Å²) in [6.45, 7) is 6.58. The monoisotopic (exact) mass is 1050 g/mol. The number of nitrogens with zero attached hydrogens (tertiary/aromatic N) is 3. The number of rotatable bonds is 18. The Labute approximate surface area is 434 Å². The Balaban J connectivity index is 1.26. The zero-order chi connectivity index (χ0) is 55.1. The van der Waals surface area contributed by atoms with Crippen molar-refractivity contribution in [1.29, 1.82) is 0 Å². The topological polar surface area (TPSA) is 368 Å². The number of fused-ring (bicyclic) bond motifs is 1. The number of nitrogens with one attached hydrogen (secondary N) is 7. The maximum Gasteiger partial charge on any atom is 0.339 e. The summed E-state index contributed by atoms with van der Waals surface area (Å²) in [4.78, 5) is 167. The maximum atomic E-state index is 15.2. The predicted molar refractivity (Wildman–Crippen MR) is 265 cm³/mol. The number of likely N-dealkylation sites (N-methyl/N-ethyl adjacent to an activating group) is 1. The Morgan fingerprint density at radius 2 is 1.55 bits per heavy atom. The first kappa shape index (κ1) is 57.1. The van der Waals surface area contributed by atoms with E-state index in [9.17, 15) is 57.8 Å².